The van der Waals surface area contributed by atoms with E-state index >= 15 is 0 Å². The summed E-state index contributed by atoms with van der Waals surface area (Å²) in [5, 5.41) is 0. The van der Waals surface area contributed by atoms with Crippen molar-refractivity contribution in [3.63, 3.8) is 0 Å². The van der Waals surface area contributed by atoms with E-state index in [0.717, 1.165) is 19.3 Å². The number of carbonyl (C=O) groups excluding carboxylic acids is 3. The zero-order valence-corrected chi connectivity index (χ0v) is 43.2. The van der Waals surface area contributed by atoms with Crippen molar-refractivity contribution in [1.82, 2.24) is 14.7 Å². The molecule has 346 valence electrons. The van der Waals surface area contributed by atoms with Crippen molar-refractivity contribution < 1.29 is 28.6 Å². The minimum absolute atomic E-state index is 0.0818. The maximum Gasteiger partial charge on any atom is 0.312 e. The molecule has 0 aromatic carbocycles. The monoisotopic (exact) mass is 826 g/mol. The number of likely N-dealkylation sites (tertiary alicyclic amines) is 2. The summed E-state index contributed by atoms with van der Waals surface area (Å²) in [6.07, 6.45) is 7.48. The topological polar surface area (TPSA) is 88.6 Å². The van der Waals surface area contributed by atoms with Crippen LogP contribution in [0.3, 0.4) is 0 Å². The van der Waals surface area contributed by atoms with Crippen molar-refractivity contribution in [2.45, 2.75) is 264 Å². The molecule has 1 unspecified atom stereocenters. The molecular weight excluding hydrogens is 727 g/mol. The van der Waals surface area contributed by atoms with Crippen molar-refractivity contribution in [3.05, 3.63) is 0 Å². The molecule has 0 aromatic heterocycles. The van der Waals surface area contributed by atoms with Gasteiger partial charge in [-0.3, -0.25) is 29.1 Å². The third-order valence-electron chi connectivity index (χ3n) is 13.0. The molecule has 0 aromatic rings. The van der Waals surface area contributed by atoms with Crippen molar-refractivity contribution in [2.24, 2.45) is 16.2 Å². The lowest BCUT2D eigenvalue weighted by Gasteiger charge is -2.44. The highest BCUT2D eigenvalue weighted by atomic mass is 16.5. The molecule has 0 spiro atoms. The van der Waals surface area contributed by atoms with Gasteiger partial charge in [-0.05, 0) is 197 Å². The number of carbonyl (C=O) groups is 3. The standard InChI is InChI=1S/C17H33NO2.C13H27NO2.C11H23N.C8H16O2/c1-9-15(3,4)14(19)20-12-13(2)18-16(5,6)10-11-17(18,7)8;1-8-13(6,7)12(15)16-9-14(10(2)3)11(4)5;1-9(2)12-10(3,4)7-8-11(12,5)6;1-5-8(3,4)7(9)10-6-2/h13H,9-12H2,1-8H3;10-11H,8-9H2,1-7H3;9H,7-8H2,1-6H3;5-6H2,1-4H3. The van der Waals surface area contributed by atoms with Gasteiger partial charge >= 0.3 is 17.9 Å². The molecule has 2 aliphatic heterocycles. The van der Waals surface area contributed by atoms with Crippen LogP contribution in [-0.4, -0.2) is 98.9 Å². The molecule has 58 heavy (non-hydrogen) atoms. The Morgan fingerprint density at radius 2 is 0.810 bits per heavy atom. The van der Waals surface area contributed by atoms with Gasteiger partial charge in [0.05, 0.1) is 22.9 Å². The average Bonchev–Trinajstić information content (AvgIpc) is 3.46. The van der Waals surface area contributed by atoms with Crippen molar-refractivity contribution in [2.75, 3.05) is 19.9 Å². The third kappa shape index (κ3) is 18.1. The number of hydrogen-bond acceptors (Lipinski definition) is 9. The highest BCUT2D eigenvalue weighted by Crippen LogP contribution is 2.43. The summed E-state index contributed by atoms with van der Waals surface area (Å²) in [5.74, 6) is -0.291. The third-order valence-corrected chi connectivity index (χ3v) is 13.0. The van der Waals surface area contributed by atoms with Gasteiger partial charge in [-0.2, -0.15) is 0 Å². The molecule has 2 fully saturated rings. The largest absolute Gasteiger partial charge is 0.466 e. The van der Waals surface area contributed by atoms with E-state index in [4.69, 9.17) is 14.2 Å². The Balaban J connectivity index is 0. The van der Waals surface area contributed by atoms with Crippen molar-refractivity contribution in [3.8, 4) is 0 Å². The normalized spacial score (nSPS) is 19.4. The van der Waals surface area contributed by atoms with Crippen LogP contribution in [0.25, 0.3) is 0 Å². The lowest BCUT2D eigenvalue weighted by molar-refractivity contribution is -0.161. The molecular formula is C49H99N3O6. The summed E-state index contributed by atoms with van der Waals surface area (Å²) in [4.78, 5) is 42.3. The SMILES string of the molecule is CC(C)N1C(C)(C)CCC1(C)C.CCC(C)(C)C(=O)OCC(C)N1C(C)(C)CCC1(C)C.CCC(C)(C)C(=O)OCN(C(C)C)C(C)C.CCOC(=O)C(C)(C)CC. The Kier molecular flexibility index (Phi) is 23.6. The molecule has 0 N–H and O–H groups in total. The highest BCUT2D eigenvalue weighted by molar-refractivity contribution is 5.76. The first-order valence-corrected chi connectivity index (χ1v) is 22.8. The molecule has 9 heteroatoms. The maximum atomic E-state index is 12.1. The molecule has 0 saturated carbocycles. The van der Waals surface area contributed by atoms with Crippen LogP contribution < -0.4 is 0 Å². The molecule has 9 nitrogen and oxygen atoms in total. The van der Waals surface area contributed by atoms with Crippen LogP contribution in [0.1, 0.15) is 218 Å². The van der Waals surface area contributed by atoms with Crippen LogP contribution in [-0.2, 0) is 28.6 Å². The lowest BCUT2D eigenvalue weighted by atomic mass is 9.91. The molecule has 2 heterocycles. The second-order valence-electron chi connectivity index (χ2n) is 22.2. The summed E-state index contributed by atoms with van der Waals surface area (Å²) in [7, 11) is 0. The number of ether oxygens (including phenoxy) is 3. The smallest absolute Gasteiger partial charge is 0.312 e. The van der Waals surface area contributed by atoms with Gasteiger partial charge in [0.1, 0.15) is 13.3 Å². The summed E-state index contributed by atoms with van der Waals surface area (Å²) in [6.45, 7) is 54.5. The summed E-state index contributed by atoms with van der Waals surface area (Å²) >= 11 is 0. The fourth-order valence-corrected chi connectivity index (χ4v) is 8.38. The van der Waals surface area contributed by atoms with E-state index in [1.54, 1.807) is 0 Å². The van der Waals surface area contributed by atoms with E-state index in [-0.39, 0.29) is 51.3 Å². The second kappa shape index (κ2) is 23.5. The van der Waals surface area contributed by atoms with E-state index in [2.05, 4.69) is 119 Å². The van der Waals surface area contributed by atoms with E-state index in [9.17, 15) is 14.4 Å². The molecule has 2 saturated heterocycles. The van der Waals surface area contributed by atoms with Gasteiger partial charge in [0.2, 0.25) is 0 Å². The Hall–Kier alpha value is -1.71. The van der Waals surface area contributed by atoms with Crippen LogP contribution in [0.5, 0.6) is 0 Å². The van der Waals surface area contributed by atoms with Gasteiger partial charge < -0.3 is 14.2 Å². The predicted molar refractivity (Wildman–Crippen MR) is 246 cm³/mol. The number of rotatable bonds is 15. The van der Waals surface area contributed by atoms with Gasteiger partial charge in [-0.1, -0.05) is 20.8 Å². The zero-order chi connectivity index (χ0) is 46.5. The van der Waals surface area contributed by atoms with Crippen molar-refractivity contribution >= 4 is 17.9 Å². The minimum atomic E-state index is -0.379. The Bertz CT molecular complexity index is 1190. The fourth-order valence-electron chi connectivity index (χ4n) is 8.38. The first-order valence-electron chi connectivity index (χ1n) is 22.8. The maximum absolute atomic E-state index is 12.1. The van der Waals surface area contributed by atoms with Gasteiger partial charge in [-0.15, -0.1) is 0 Å². The van der Waals surface area contributed by atoms with Crippen LogP contribution in [0, 0.1) is 16.2 Å². The zero-order valence-electron chi connectivity index (χ0n) is 43.2. The van der Waals surface area contributed by atoms with E-state index < -0.39 is 0 Å². The molecule has 0 radical (unpaired) electrons. The lowest BCUT2D eigenvalue weighted by Crippen LogP contribution is -2.54. The Labute approximate surface area is 360 Å². The van der Waals surface area contributed by atoms with Gasteiger partial charge in [-0.25, -0.2) is 0 Å². The van der Waals surface area contributed by atoms with Gasteiger partial charge in [0, 0.05) is 46.3 Å². The van der Waals surface area contributed by atoms with E-state index in [1.807, 2.05) is 69.2 Å². The van der Waals surface area contributed by atoms with Crippen molar-refractivity contribution in [1.29, 1.82) is 0 Å². The van der Waals surface area contributed by atoms with Crippen LogP contribution in [0.2, 0.25) is 0 Å². The minimum Gasteiger partial charge on any atom is -0.466 e. The van der Waals surface area contributed by atoms with Crippen LogP contribution in [0.15, 0.2) is 0 Å². The van der Waals surface area contributed by atoms with Gasteiger partial charge in [0.25, 0.3) is 0 Å². The highest BCUT2D eigenvalue weighted by Gasteiger charge is 2.47. The molecule has 2 rings (SSSR count). The summed E-state index contributed by atoms with van der Waals surface area (Å²) in [6, 6.07) is 1.69. The average molecular weight is 826 g/mol. The number of esters is 3. The molecule has 0 bridgehead atoms. The summed E-state index contributed by atoms with van der Waals surface area (Å²) < 4.78 is 15.8. The fraction of sp³-hybridized carbons (Fsp3) is 0.939. The van der Waals surface area contributed by atoms with Crippen LogP contribution in [0.4, 0.5) is 0 Å². The molecule has 1 atom stereocenters. The number of hydrogen-bond donors (Lipinski definition) is 0. The predicted octanol–water partition coefficient (Wildman–Crippen LogP) is 12.1. The first kappa shape index (κ1) is 58.4. The van der Waals surface area contributed by atoms with E-state index in [1.165, 1.54) is 25.7 Å². The number of nitrogens with zero attached hydrogens (tertiary/aromatic N) is 3. The molecule has 0 amide bonds. The first-order chi connectivity index (χ1) is 26.0. The summed E-state index contributed by atoms with van der Waals surface area (Å²) in [5.41, 5.74) is 0.0892. The molecule has 2 aliphatic rings. The van der Waals surface area contributed by atoms with E-state index in [0.29, 0.717) is 49.1 Å². The van der Waals surface area contributed by atoms with Gasteiger partial charge in [0.15, 0.2) is 0 Å². The Morgan fingerprint density at radius 1 is 0.517 bits per heavy atom. The second-order valence-corrected chi connectivity index (χ2v) is 22.2. The van der Waals surface area contributed by atoms with Crippen LogP contribution >= 0.6 is 0 Å². The Morgan fingerprint density at radius 3 is 1.07 bits per heavy atom. The quantitative estimate of drug-likeness (QED) is 0.0909. The molecule has 0 aliphatic carbocycles.